The number of aromatic nitrogens is 3. The molecule has 4 nitrogen and oxygen atoms in total. The van der Waals surface area contributed by atoms with E-state index in [1.807, 2.05) is 66.9 Å². The summed E-state index contributed by atoms with van der Waals surface area (Å²) in [5, 5.41) is 2.43. The highest BCUT2D eigenvalue weighted by molar-refractivity contribution is 6.14. The average molecular weight is 627 g/mol. The van der Waals surface area contributed by atoms with Crippen molar-refractivity contribution in [2.24, 2.45) is 4.99 Å². The molecule has 4 heteroatoms. The van der Waals surface area contributed by atoms with E-state index in [9.17, 15) is 0 Å². The average Bonchev–Trinajstić information content (AvgIpc) is 3.62. The molecule has 1 aliphatic carbocycles. The number of fused-ring (bicyclic) bond motifs is 2. The van der Waals surface area contributed by atoms with Gasteiger partial charge in [-0.05, 0) is 44.2 Å². The summed E-state index contributed by atoms with van der Waals surface area (Å²) < 4.78 is 0. The fourth-order valence-electron chi connectivity index (χ4n) is 6.76. The lowest BCUT2D eigenvalue weighted by Crippen LogP contribution is -2.02. The van der Waals surface area contributed by atoms with Crippen LogP contribution in [0.3, 0.4) is 0 Å². The highest BCUT2D eigenvalue weighted by Crippen LogP contribution is 2.40. The predicted molar refractivity (Wildman–Crippen MR) is 202 cm³/mol. The maximum atomic E-state index is 4.93. The van der Waals surface area contributed by atoms with Crippen molar-refractivity contribution in [1.82, 2.24) is 15.0 Å². The Bertz CT molecular complexity index is 2400. The summed E-state index contributed by atoms with van der Waals surface area (Å²) in [6.07, 6.45) is 10.5. The second-order valence-electron chi connectivity index (χ2n) is 12.2. The Kier molecular flexibility index (Phi) is 7.17. The number of aliphatic imine (C=N–C) groups is 1. The minimum atomic E-state index is 0.125. The fraction of sp³-hybridized carbons (Fsp3) is 0.0222. The van der Waals surface area contributed by atoms with Crippen LogP contribution in [0.2, 0.25) is 0 Å². The monoisotopic (exact) mass is 626 g/mol. The second-order valence-corrected chi connectivity index (χ2v) is 12.2. The highest BCUT2D eigenvalue weighted by atomic mass is 15.0. The molecule has 6 aromatic carbocycles. The predicted octanol–water partition coefficient (Wildman–Crippen LogP) is 10.7. The molecule has 1 aromatic heterocycles. The van der Waals surface area contributed by atoms with Gasteiger partial charge in [-0.3, -0.25) is 4.99 Å². The molecular weight excluding hydrogens is 597 g/mol. The van der Waals surface area contributed by atoms with Crippen molar-refractivity contribution in [2.45, 2.75) is 6.04 Å². The SMILES string of the molecule is C1=CC2=C(c3ccc(-c4c(-c5ccc(-c6nc(-c7ccccc7)nc(-c7ccccc7)n6)cc5)ccc5ccccc45)cc3)C=NC2C=C1. The van der Waals surface area contributed by atoms with Crippen molar-refractivity contribution in [3.05, 3.63) is 181 Å². The van der Waals surface area contributed by atoms with E-state index in [1.165, 1.54) is 44.2 Å². The van der Waals surface area contributed by atoms with Crippen LogP contribution in [0.5, 0.6) is 0 Å². The van der Waals surface area contributed by atoms with Gasteiger partial charge in [0.1, 0.15) is 0 Å². The Morgan fingerprint density at radius 1 is 0.429 bits per heavy atom. The molecular formula is C45H30N4. The minimum Gasteiger partial charge on any atom is -0.280 e. The maximum absolute atomic E-state index is 4.93. The summed E-state index contributed by atoms with van der Waals surface area (Å²) in [6, 6.07) is 50.9. The lowest BCUT2D eigenvalue weighted by Gasteiger charge is -2.16. The molecule has 7 aromatic rings. The molecule has 0 saturated heterocycles. The summed E-state index contributed by atoms with van der Waals surface area (Å²) >= 11 is 0. The number of benzene rings is 6. The number of hydrogen-bond acceptors (Lipinski definition) is 4. The van der Waals surface area contributed by atoms with Crippen molar-refractivity contribution >= 4 is 22.6 Å². The van der Waals surface area contributed by atoms with Crippen LogP contribution >= 0.6 is 0 Å². The van der Waals surface area contributed by atoms with Gasteiger partial charge in [0.25, 0.3) is 0 Å². The minimum absolute atomic E-state index is 0.125. The van der Waals surface area contributed by atoms with Crippen LogP contribution in [-0.4, -0.2) is 27.2 Å². The van der Waals surface area contributed by atoms with Gasteiger partial charge in [0.2, 0.25) is 0 Å². The quantitative estimate of drug-likeness (QED) is 0.185. The summed E-state index contributed by atoms with van der Waals surface area (Å²) in [5.41, 5.74) is 11.2. The smallest absolute Gasteiger partial charge is 0.164 e. The van der Waals surface area contributed by atoms with Gasteiger partial charge >= 0.3 is 0 Å². The molecule has 0 spiro atoms. The first-order valence-corrected chi connectivity index (χ1v) is 16.5. The van der Waals surface area contributed by atoms with E-state index < -0.39 is 0 Å². The van der Waals surface area contributed by atoms with Gasteiger partial charge < -0.3 is 0 Å². The van der Waals surface area contributed by atoms with Gasteiger partial charge in [-0.15, -0.1) is 0 Å². The van der Waals surface area contributed by atoms with Crippen molar-refractivity contribution in [3.8, 4) is 56.4 Å². The Balaban J connectivity index is 1.12. The van der Waals surface area contributed by atoms with Crippen LogP contribution < -0.4 is 0 Å². The van der Waals surface area contributed by atoms with E-state index in [1.54, 1.807) is 0 Å². The zero-order chi connectivity index (χ0) is 32.6. The number of nitrogens with zero attached hydrogens (tertiary/aromatic N) is 4. The normalized spacial score (nSPS) is 14.8. The zero-order valence-corrected chi connectivity index (χ0v) is 26.6. The van der Waals surface area contributed by atoms with Crippen LogP contribution in [0, 0.1) is 0 Å². The molecule has 0 fully saturated rings. The van der Waals surface area contributed by atoms with Crippen molar-refractivity contribution in [3.63, 3.8) is 0 Å². The lowest BCUT2D eigenvalue weighted by molar-refractivity contribution is 1.00. The zero-order valence-electron chi connectivity index (χ0n) is 26.6. The molecule has 0 radical (unpaired) electrons. The molecule has 9 rings (SSSR count). The van der Waals surface area contributed by atoms with Crippen LogP contribution in [0.4, 0.5) is 0 Å². The van der Waals surface area contributed by atoms with Crippen LogP contribution in [0.1, 0.15) is 5.56 Å². The van der Waals surface area contributed by atoms with Gasteiger partial charge in [-0.2, -0.15) is 0 Å². The lowest BCUT2D eigenvalue weighted by atomic mass is 9.88. The third-order valence-electron chi connectivity index (χ3n) is 9.24. The second kappa shape index (κ2) is 12.3. The van der Waals surface area contributed by atoms with E-state index >= 15 is 0 Å². The van der Waals surface area contributed by atoms with Crippen LogP contribution in [0.15, 0.2) is 180 Å². The van der Waals surface area contributed by atoms with Gasteiger partial charge in [0.15, 0.2) is 17.5 Å². The molecule has 0 bridgehead atoms. The highest BCUT2D eigenvalue weighted by Gasteiger charge is 2.21. The Hall–Kier alpha value is -6.52. The van der Waals surface area contributed by atoms with Crippen LogP contribution in [-0.2, 0) is 0 Å². The molecule has 1 unspecified atom stereocenters. The number of rotatable bonds is 6. The third kappa shape index (κ3) is 5.39. The first-order valence-electron chi connectivity index (χ1n) is 16.5. The van der Waals surface area contributed by atoms with Crippen molar-refractivity contribution < 1.29 is 0 Å². The Morgan fingerprint density at radius 2 is 0.980 bits per heavy atom. The molecule has 2 heterocycles. The largest absolute Gasteiger partial charge is 0.280 e. The molecule has 0 N–H and O–H groups in total. The van der Waals surface area contributed by atoms with Crippen LogP contribution in [0.25, 0.3) is 72.8 Å². The third-order valence-corrected chi connectivity index (χ3v) is 9.24. The Labute approximate surface area is 285 Å². The number of allylic oxidation sites excluding steroid dienone is 3. The first kappa shape index (κ1) is 28.7. The molecule has 0 amide bonds. The summed E-state index contributed by atoms with van der Waals surface area (Å²) in [7, 11) is 0. The van der Waals surface area contributed by atoms with Crippen molar-refractivity contribution in [1.29, 1.82) is 0 Å². The number of hydrogen-bond donors (Lipinski definition) is 0. The van der Waals surface area contributed by atoms with Gasteiger partial charge in [-0.1, -0.05) is 170 Å². The van der Waals surface area contributed by atoms with Gasteiger partial charge in [-0.25, -0.2) is 15.0 Å². The molecule has 0 saturated carbocycles. The van der Waals surface area contributed by atoms with Gasteiger partial charge in [0.05, 0.1) is 6.04 Å². The first-order chi connectivity index (χ1) is 24.3. The van der Waals surface area contributed by atoms with E-state index in [0.29, 0.717) is 17.5 Å². The van der Waals surface area contributed by atoms with E-state index in [4.69, 9.17) is 19.9 Å². The molecule has 1 aliphatic heterocycles. The van der Waals surface area contributed by atoms with Crippen molar-refractivity contribution in [2.75, 3.05) is 0 Å². The fourth-order valence-corrected chi connectivity index (χ4v) is 6.76. The Morgan fingerprint density at radius 3 is 1.65 bits per heavy atom. The maximum Gasteiger partial charge on any atom is 0.164 e. The summed E-state index contributed by atoms with van der Waals surface area (Å²) in [6.45, 7) is 0. The van der Waals surface area contributed by atoms with E-state index in [-0.39, 0.29) is 6.04 Å². The summed E-state index contributed by atoms with van der Waals surface area (Å²) in [4.78, 5) is 19.4. The summed E-state index contributed by atoms with van der Waals surface area (Å²) in [5.74, 6) is 1.95. The van der Waals surface area contributed by atoms with E-state index in [0.717, 1.165) is 22.3 Å². The molecule has 49 heavy (non-hydrogen) atoms. The topological polar surface area (TPSA) is 51.0 Å². The molecule has 230 valence electrons. The molecule has 2 aliphatic rings. The standard InChI is InChI=1S/C45H30N4/c1-3-12-34(13-4-1)43-47-44(35-14-5-2-6-15-35)49-45(48-43)36-25-21-31(22-26-36)38-28-27-30-11-7-8-16-37(30)42(38)33-23-19-32(20-24-33)40-29-46-41-18-10-9-17-39(40)41/h1-29,41H. The molecule has 1 atom stereocenters. The van der Waals surface area contributed by atoms with E-state index in [2.05, 4.69) is 109 Å². The van der Waals surface area contributed by atoms with Gasteiger partial charge in [0, 0.05) is 28.5 Å².